The Kier molecular flexibility index (Phi) is 3.44. The lowest BCUT2D eigenvalue weighted by molar-refractivity contribution is 1.00. The van der Waals surface area contributed by atoms with Crippen LogP contribution in [-0.4, -0.2) is 0 Å². The maximum Gasteiger partial charge on any atom is 0.181 e. The molecular weight excluding hydrogens is 160 g/mol. The fraction of sp³-hybridized carbons (Fsp3) is 0.250. The molecule has 0 atom stereocenters. The van der Waals surface area contributed by atoms with E-state index in [4.69, 9.17) is 0 Å². The van der Waals surface area contributed by atoms with Crippen LogP contribution in [0.5, 0.6) is 0 Å². The molecule has 0 N–H and O–H groups in total. The normalized spacial score (nSPS) is 9.62. The van der Waals surface area contributed by atoms with E-state index in [-0.39, 0.29) is 5.43 Å². The number of rotatable bonds is 3. The van der Waals surface area contributed by atoms with E-state index >= 15 is 0 Å². The molecule has 1 aromatic carbocycles. The molecule has 0 unspecified atom stereocenters. The summed E-state index contributed by atoms with van der Waals surface area (Å²) >= 11 is 0. The van der Waals surface area contributed by atoms with Gasteiger partial charge in [0, 0.05) is 0 Å². The molecule has 0 bridgehead atoms. The minimum atomic E-state index is 0.115. The van der Waals surface area contributed by atoms with Gasteiger partial charge in [0.1, 0.15) is 0 Å². The minimum absolute atomic E-state index is 0.115. The monoisotopic (exact) mass is 174 g/mol. The van der Waals surface area contributed by atoms with Gasteiger partial charge in [0.15, 0.2) is 5.43 Å². The van der Waals surface area contributed by atoms with Crippen LogP contribution in [0.1, 0.15) is 17.5 Å². The van der Waals surface area contributed by atoms with Crippen LogP contribution in [0.25, 0.3) is 0 Å². The van der Waals surface area contributed by atoms with Crippen LogP contribution in [0, 0.1) is 6.92 Å². The summed E-state index contributed by atoms with van der Waals surface area (Å²) in [6.07, 6.45) is 3.68. The first-order valence-corrected chi connectivity index (χ1v) is 4.45. The maximum atomic E-state index is 11.4. The highest BCUT2D eigenvalue weighted by atomic mass is 16.1. The Bertz CT molecular complexity index is 353. The smallest absolute Gasteiger partial charge is 0.181 e. The zero-order valence-corrected chi connectivity index (χ0v) is 7.92. The predicted molar refractivity (Wildman–Crippen MR) is 56.0 cm³/mol. The van der Waals surface area contributed by atoms with Gasteiger partial charge < -0.3 is 0 Å². The number of hydrogen-bond acceptors (Lipinski definition) is 1. The topological polar surface area (TPSA) is 17.1 Å². The third-order valence-electron chi connectivity index (χ3n) is 2.00. The van der Waals surface area contributed by atoms with Crippen LogP contribution in [0.3, 0.4) is 0 Å². The molecule has 0 aliphatic carbocycles. The third kappa shape index (κ3) is 2.86. The van der Waals surface area contributed by atoms with Crippen molar-refractivity contribution < 1.29 is 0 Å². The van der Waals surface area contributed by atoms with Gasteiger partial charge in [-0.1, -0.05) is 24.3 Å². The maximum absolute atomic E-state index is 11.4. The summed E-state index contributed by atoms with van der Waals surface area (Å²) in [4.78, 5) is 11.4. The molecular formula is C12H14O. The summed E-state index contributed by atoms with van der Waals surface area (Å²) in [6, 6.07) is 7.46. The molecule has 0 heterocycles. The second-order valence-electron chi connectivity index (χ2n) is 3.12. The molecule has 0 aliphatic rings. The summed E-state index contributed by atoms with van der Waals surface area (Å²) in [6.45, 7) is 5.49. The molecule has 13 heavy (non-hydrogen) atoms. The Morgan fingerprint density at radius 2 is 2.23 bits per heavy atom. The first-order chi connectivity index (χ1) is 6.24. The Hall–Kier alpha value is -1.37. The Morgan fingerprint density at radius 3 is 2.92 bits per heavy atom. The summed E-state index contributed by atoms with van der Waals surface area (Å²) < 4.78 is 0. The van der Waals surface area contributed by atoms with E-state index in [2.05, 4.69) is 6.58 Å². The van der Waals surface area contributed by atoms with Crippen LogP contribution in [-0.2, 0) is 6.42 Å². The average Bonchev–Trinajstić information content (AvgIpc) is 2.26. The van der Waals surface area contributed by atoms with Gasteiger partial charge in [-0.15, -0.1) is 6.58 Å². The summed E-state index contributed by atoms with van der Waals surface area (Å²) in [5, 5.41) is 0. The fourth-order valence-corrected chi connectivity index (χ4v) is 1.15. The van der Waals surface area contributed by atoms with Crippen LogP contribution in [0.4, 0.5) is 0 Å². The minimum Gasteiger partial charge on any atom is -0.290 e. The van der Waals surface area contributed by atoms with Gasteiger partial charge in [0.05, 0.1) is 0 Å². The SMILES string of the molecule is C=CCCc1cccc(C)c(=O)c1. The highest BCUT2D eigenvalue weighted by Crippen LogP contribution is 2.00. The summed E-state index contributed by atoms with van der Waals surface area (Å²) in [7, 11) is 0. The van der Waals surface area contributed by atoms with Crippen LogP contribution in [0.15, 0.2) is 41.7 Å². The third-order valence-corrected chi connectivity index (χ3v) is 2.00. The van der Waals surface area contributed by atoms with Crippen molar-refractivity contribution in [3.8, 4) is 0 Å². The molecule has 0 fully saturated rings. The van der Waals surface area contributed by atoms with Crippen molar-refractivity contribution in [1.29, 1.82) is 0 Å². The largest absolute Gasteiger partial charge is 0.290 e. The lowest BCUT2D eigenvalue weighted by Crippen LogP contribution is -1.99. The van der Waals surface area contributed by atoms with Crippen molar-refractivity contribution in [1.82, 2.24) is 0 Å². The molecule has 0 aromatic heterocycles. The summed E-state index contributed by atoms with van der Waals surface area (Å²) in [5.74, 6) is 0. The molecule has 1 rings (SSSR count). The molecule has 0 aliphatic heterocycles. The Balaban J connectivity index is 2.99. The van der Waals surface area contributed by atoms with Crippen molar-refractivity contribution in [3.05, 3.63) is 58.3 Å². The van der Waals surface area contributed by atoms with Crippen molar-refractivity contribution in [2.45, 2.75) is 19.8 Å². The molecule has 0 saturated heterocycles. The van der Waals surface area contributed by atoms with Crippen molar-refractivity contribution in [2.75, 3.05) is 0 Å². The molecule has 0 amide bonds. The second-order valence-corrected chi connectivity index (χ2v) is 3.12. The predicted octanol–water partition coefficient (Wildman–Crippen LogP) is 2.47. The highest BCUT2D eigenvalue weighted by molar-refractivity contribution is 5.19. The molecule has 0 radical (unpaired) electrons. The molecule has 1 aromatic rings. The van der Waals surface area contributed by atoms with Crippen molar-refractivity contribution in [3.63, 3.8) is 0 Å². The summed E-state index contributed by atoms with van der Waals surface area (Å²) in [5.41, 5.74) is 1.99. The van der Waals surface area contributed by atoms with E-state index < -0.39 is 0 Å². The Labute approximate surface area is 78.7 Å². The van der Waals surface area contributed by atoms with Gasteiger partial charge in [-0.05, 0) is 37.0 Å². The average molecular weight is 174 g/mol. The molecule has 1 nitrogen and oxygen atoms in total. The van der Waals surface area contributed by atoms with Gasteiger partial charge in [-0.3, -0.25) is 4.79 Å². The zero-order valence-electron chi connectivity index (χ0n) is 7.92. The van der Waals surface area contributed by atoms with E-state index in [1.807, 2.05) is 31.2 Å². The molecule has 0 saturated carbocycles. The lowest BCUT2D eigenvalue weighted by atomic mass is 10.1. The molecule has 68 valence electrons. The van der Waals surface area contributed by atoms with E-state index in [0.29, 0.717) is 0 Å². The van der Waals surface area contributed by atoms with Crippen molar-refractivity contribution >= 4 is 0 Å². The lowest BCUT2D eigenvalue weighted by Gasteiger charge is -1.91. The standard InChI is InChI=1S/C12H14O/c1-3-4-7-11-8-5-6-10(2)12(13)9-11/h3,5-6,8-9H,1,4,7H2,2H3. The number of allylic oxidation sites excluding steroid dienone is 1. The van der Waals surface area contributed by atoms with Crippen molar-refractivity contribution in [2.24, 2.45) is 0 Å². The van der Waals surface area contributed by atoms with Gasteiger partial charge >= 0.3 is 0 Å². The Morgan fingerprint density at radius 1 is 1.46 bits per heavy atom. The van der Waals surface area contributed by atoms with E-state index in [0.717, 1.165) is 24.0 Å². The van der Waals surface area contributed by atoms with E-state index in [9.17, 15) is 4.79 Å². The quantitative estimate of drug-likeness (QED) is 0.643. The number of aryl methyl sites for hydroxylation is 2. The molecule has 1 heteroatoms. The number of hydrogen-bond donors (Lipinski definition) is 0. The highest BCUT2D eigenvalue weighted by Gasteiger charge is 1.92. The molecule has 0 spiro atoms. The first-order valence-electron chi connectivity index (χ1n) is 4.45. The van der Waals surface area contributed by atoms with Gasteiger partial charge in [0.25, 0.3) is 0 Å². The van der Waals surface area contributed by atoms with Crippen LogP contribution in [0.2, 0.25) is 0 Å². The zero-order chi connectivity index (χ0) is 9.68. The van der Waals surface area contributed by atoms with Gasteiger partial charge in [-0.25, -0.2) is 0 Å². The van der Waals surface area contributed by atoms with Crippen LogP contribution < -0.4 is 5.43 Å². The van der Waals surface area contributed by atoms with Gasteiger partial charge in [0.2, 0.25) is 0 Å². The van der Waals surface area contributed by atoms with E-state index in [1.54, 1.807) is 6.07 Å². The first kappa shape index (κ1) is 9.72. The van der Waals surface area contributed by atoms with Crippen LogP contribution >= 0.6 is 0 Å². The second kappa shape index (κ2) is 4.61. The van der Waals surface area contributed by atoms with E-state index in [1.165, 1.54) is 0 Å². The van der Waals surface area contributed by atoms with Gasteiger partial charge in [-0.2, -0.15) is 0 Å². The fourth-order valence-electron chi connectivity index (χ4n) is 1.15.